The molecule has 0 radical (unpaired) electrons. The van der Waals surface area contributed by atoms with Crippen LogP contribution in [0.2, 0.25) is 0 Å². The molecule has 1 saturated heterocycles. The van der Waals surface area contributed by atoms with Crippen LogP contribution in [0.3, 0.4) is 0 Å². The lowest BCUT2D eigenvalue weighted by Gasteiger charge is -2.27. The van der Waals surface area contributed by atoms with Gasteiger partial charge in [-0.05, 0) is 31.0 Å². The van der Waals surface area contributed by atoms with Gasteiger partial charge in [0, 0.05) is 26.3 Å². The molecule has 1 aliphatic rings. The average Bonchev–Trinajstić information content (AvgIpc) is 3.16. The van der Waals surface area contributed by atoms with Crippen LogP contribution in [0.1, 0.15) is 24.0 Å². The van der Waals surface area contributed by atoms with E-state index in [2.05, 4.69) is 21.4 Å². The second kappa shape index (κ2) is 8.06. The van der Waals surface area contributed by atoms with Crippen LogP contribution in [0.15, 0.2) is 24.3 Å². The number of nitrogens with zero attached hydrogens (tertiary/aromatic N) is 5. The number of nitrogen functional groups attached to an aromatic ring is 1. The summed E-state index contributed by atoms with van der Waals surface area (Å²) < 4.78 is 38.8. The van der Waals surface area contributed by atoms with Crippen LogP contribution in [0.5, 0.6) is 0 Å². The molecule has 1 aliphatic heterocycles. The highest BCUT2D eigenvalue weighted by Crippen LogP contribution is 2.33. The normalized spacial score (nSPS) is 16.3. The van der Waals surface area contributed by atoms with Crippen molar-refractivity contribution in [2.75, 3.05) is 41.5 Å². The number of hydrogen-bond donors (Lipinski definition) is 2. The summed E-state index contributed by atoms with van der Waals surface area (Å²) in [5, 5.41) is 12.2. The summed E-state index contributed by atoms with van der Waals surface area (Å²) in [5.41, 5.74) is 5.16. The Balaban J connectivity index is 1.90. The number of anilines is 4. The van der Waals surface area contributed by atoms with Gasteiger partial charge in [0.05, 0.1) is 5.56 Å². The SMILES string of the molecule is CN(C)c1nc(N)nc(N2CCC[C@@H]2C(=O)Nc2cccc(C(F)(F)F)c2)c1C#N. The molecule has 0 saturated carbocycles. The van der Waals surface area contributed by atoms with Gasteiger partial charge in [-0.15, -0.1) is 0 Å². The topological polar surface area (TPSA) is 111 Å². The first-order chi connectivity index (χ1) is 14.1. The van der Waals surface area contributed by atoms with E-state index in [0.717, 1.165) is 12.1 Å². The molecular weight excluding hydrogens is 399 g/mol. The van der Waals surface area contributed by atoms with Crippen molar-refractivity contribution in [3.05, 3.63) is 35.4 Å². The summed E-state index contributed by atoms with van der Waals surface area (Å²) in [4.78, 5) is 24.4. The Morgan fingerprint density at radius 1 is 1.37 bits per heavy atom. The highest BCUT2D eigenvalue weighted by atomic mass is 19.4. The summed E-state index contributed by atoms with van der Waals surface area (Å²) in [6.45, 7) is 0.443. The van der Waals surface area contributed by atoms with Crippen LogP contribution >= 0.6 is 0 Å². The minimum Gasteiger partial charge on any atom is -0.368 e. The number of aromatic nitrogens is 2. The lowest BCUT2D eigenvalue weighted by molar-refractivity contribution is -0.137. The largest absolute Gasteiger partial charge is 0.416 e. The monoisotopic (exact) mass is 419 g/mol. The first-order valence-electron chi connectivity index (χ1n) is 9.11. The molecule has 0 bridgehead atoms. The minimum absolute atomic E-state index is 0.0402. The molecule has 2 aromatic rings. The molecule has 3 rings (SSSR count). The number of nitrogens with two attached hydrogens (primary N) is 1. The molecule has 1 atom stereocenters. The molecule has 1 amide bonds. The molecule has 1 fully saturated rings. The van der Waals surface area contributed by atoms with Gasteiger partial charge in [0.15, 0.2) is 11.6 Å². The van der Waals surface area contributed by atoms with Crippen LogP contribution in [0.25, 0.3) is 0 Å². The average molecular weight is 419 g/mol. The molecule has 3 N–H and O–H groups in total. The molecule has 0 spiro atoms. The van der Waals surface area contributed by atoms with Crippen LogP contribution in [0, 0.1) is 11.3 Å². The summed E-state index contributed by atoms with van der Waals surface area (Å²) in [7, 11) is 3.41. The fraction of sp³-hybridized carbons (Fsp3) is 0.368. The number of benzene rings is 1. The van der Waals surface area contributed by atoms with Crippen molar-refractivity contribution in [1.29, 1.82) is 5.26 Å². The second-order valence-electron chi connectivity index (χ2n) is 7.03. The van der Waals surface area contributed by atoms with Crippen molar-refractivity contribution < 1.29 is 18.0 Å². The maximum atomic E-state index is 12.9. The number of amides is 1. The van der Waals surface area contributed by atoms with Gasteiger partial charge in [-0.3, -0.25) is 4.79 Å². The van der Waals surface area contributed by atoms with E-state index in [0.29, 0.717) is 25.2 Å². The maximum absolute atomic E-state index is 12.9. The van der Waals surface area contributed by atoms with Gasteiger partial charge in [-0.25, -0.2) is 0 Å². The Kier molecular flexibility index (Phi) is 5.69. The van der Waals surface area contributed by atoms with E-state index in [1.165, 1.54) is 12.1 Å². The van der Waals surface area contributed by atoms with Gasteiger partial charge in [-0.1, -0.05) is 6.07 Å². The third-order valence-electron chi connectivity index (χ3n) is 4.71. The molecule has 158 valence electrons. The number of alkyl halides is 3. The van der Waals surface area contributed by atoms with Crippen molar-refractivity contribution in [3.63, 3.8) is 0 Å². The van der Waals surface area contributed by atoms with Gasteiger partial charge in [0.1, 0.15) is 17.7 Å². The van der Waals surface area contributed by atoms with Gasteiger partial charge in [0.2, 0.25) is 11.9 Å². The number of rotatable bonds is 4. The van der Waals surface area contributed by atoms with E-state index >= 15 is 0 Å². The third-order valence-corrected chi connectivity index (χ3v) is 4.71. The first kappa shape index (κ1) is 21.2. The zero-order valence-corrected chi connectivity index (χ0v) is 16.4. The van der Waals surface area contributed by atoms with Crippen molar-refractivity contribution in [2.24, 2.45) is 0 Å². The van der Waals surface area contributed by atoms with E-state index in [1.54, 1.807) is 23.9 Å². The van der Waals surface area contributed by atoms with Crippen LogP contribution in [-0.4, -0.2) is 42.6 Å². The Hall–Kier alpha value is -3.55. The van der Waals surface area contributed by atoms with E-state index in [9.17, 15) is 23.2 Å². The van der Waals surface area contributed by atoms with Crippen molar-refractivity contribution in [2.45, 2.75) is 25.1 Å². The predicted molar refractivity (Wildman–Crippen MR) is 106 cm³/mol. The predicted octanol–water partition coefficient (Wildman–Crippen LogP) is 2.62. The summed E-state index contributed by atoms with van der Waals surface area (Å²) in [6.07, 6.45) is -3.41. The number of halogens is 3. The van der Waals surface area contributed by atoms with Gasteiger partial charge in [-0.2, -0.15) is 28.4 Å². The number of carbonyl (C=O) groups excluding carboxylic acids is 1. The van der Waals surface area contributed by atoms with Crippen molar-refractivity contribution in [1.82, 2.24) is 9.97 Å². The number of hydrogen-bond acceptors (Lipinski definition) is 7. The molecular formula is C19H20F3N7O. The quantitative estimate of drug-likeness (QED) is 0.784. The van der Waals surface area contributed by atoms with Gasteiger partial charge < -0.3 is 20.9 Å². The Labute approximate surface area is 171 Å². The maximum Gasteiger partial charge on any atom is 0.416 e. The van der Waals surface area contributed by atoms with Gasteiger partial charge in [0.25, 0.3) is 0 Å². The zero-order chi connectivity index (χ0) is 22.1. The second-order valence-corrected chi connectivity index (χ2v) is 7.03. The molecule has 30 heavy (non-hydrogen) atoms. The minimum atomic E-state index is -4.51. The molecule has 1 aromatic heterocycles. The summed E-state index contributed by atoms with van der Waals surface area (Å²) >= 11 is 0. The molecule has 2 heterocycles. The highest BCUT2D eigenvalue weighted by Gasteiger charge is 2.35. The third kappa shape index (κ3) is 4.22. The summed E-state index contributed by atoms with van der Waals surface area (Å²) in [6, 6.07) is 5.78. The summed E-state index contributed by atoms with van der Waals surface area (Å²) in [5.74, 6) is 0.0234. The van der Waals surface area contributed by atoms with Crippen LogP contribution in [0.4, 0.5) is 36.4 Å². The molecule has 0 aliphatic carbocycles. The lowest BCUT2D eigenvalue weighted by atomic mass is 10.1. The number of nitriles is 1. The molecule has 11 heteroatoms. The van der Waals surface area contributed by atoms with E-state index in [-0.39, 0.29) is 23.0 Å². The lowest BCUT2D eigenvalue weighted by Crippen LogP contribution is -2.41. The Morgan fingerprint density at radius 2 is 2.10 bits per heavy atom. The van der Waals surface area contributed by atoms with Crippen LogP contribution in [-0.2, 0) is 11.0 Å². The smallest absolute Gasteiger partial charge is 0.368 e. The van der Waals surface area contributed by atoms with E-state index in [1.807, 2.05) is 0 Å². The molecule has 0 unspecified atom stereocenters. The Bertz CT molecular complexity index is 1000. The molecule has 1 aromatic carbocycles. The standard InChI is InChI=1S/C19H20F3N7O/c1-28(2)15-13(10-23)16(27-18(24)26-15)29-8-4-7-14(29)17(30)25-12-6-3-5-11(9-12)19(20,21)22/h3,5-6,9,14H,4,7-8H2,1-2H3,(H,25,30)(H2,24,26,27)/t14-/m1/s1. The fourth-order valence-electron chi connectivity index (χ4n) is 3.38. The van der Waals surface area contributed by atoms with E-state index < -0.39 is 23.7 Å². The highest BCUT2D eigenvalue weighted by molar-refractivity contribution is 5.97. The fourth-order valence-corrected chi connectivity index (χ4v) is 3.38. The van der Waals surface area contributed by atoms with Crippen LogP contribution < -0.4 is 20.9 Å². The number of nitrogens with one attached hydrogen (secondary N) is 1. The Morgan fingerprint density at radius 3 is 2.73 bits per heavy atom. The number of carbonyl (C=O) groups is 1. The van der Waals surface area contributed by atoms with Crippen molar-refractivity contribution >= 4 is 29.2 Å². The molecule has 8 nitrogen and oxygen atoms in total. The first-order valence-corrected chi connectivity index (χ1v) is 9.11. The zero-order valence-electron chi connectivity index (χ0n) is 16.4. The van der Waals surface area contributed by atoms with E-state index in [4.69, 9.17) is 5.73 Å². The van der Waals surface area contributed by atoms with Crippen molar-refractivity contribution in [3.8, 4) is 6.07 Å². The van der Waals surface area contributed by atoms with Gasteiger partial charge >= 0.3 is 6.18 Å².